The van der Waals surface area contributed by atoms with E-state index in [-0.39, 0.29) is 12.0 Å². The van der Waals surface area contributed by atoms with Crippen molar-refractivity contribution >= 4 is 11.6 Å². The molecule has 1 aliphatic rings. The Morgan fingerprint density at radius 1 is 1.56 bits per heavy atom. The Morgan fingerprint density at radius 3 is 3.06 bits per heavy atom. The van der Waals surface area contributed by atoms with Gasteiger partial charge in [0.15, 0.2) is 0 Å². The van der Waals surface area contributed by atoms with Crippen molar-refractivity contribution in [2.24, 2.45) is 0 Å². The molecule has 0 saturated carbocycles. The van der Waals surface area contributed by atoms with Crippen LogP contribution in [-0.2, 0) is 9.53 Å². The molecule has 0 aromatic heterocycles. The largest absolute Gasteiger partial charge is 0.487 e. The molecule has 1 aromatic rings. The number of methoxy groups -OCH3 is 1. The minimum Gasteiger partial charge on any atom is -0.487 e. The summed E-state index contributed by atoms with van der Waals surface area (Å²) >= 11 is 0. The zero-order valence-corrected chi connectivity index (χ0v) is 11.1. The second-order valence-corrected chi connectivity index (χ2v) is 4.65. The van der Waals surface area contributed by atoms with Gasteiger partial charge in [-0.2, -0.15) is 0 Å². The van der Waals surface area contributed by atoms with Gasteiger partial charge in [-0.3, -0.25) is 4.79 Å². The molecular weight excluding hydrogens is 230 g/mol. The summed E-state index contributed by atoms with van der Waals surface area (Å²) in [5, 5.41) is 0. The van der Waals surface area contributed by atoms with Gasteiger partial charge in [-0.15, -0.1) is 0 Å². The molecule has 0 bridgehead atoms. The van der Waals surface area contributed by atoms with E-state index in [1.54, 1.807) is 12.0 Å². The molecule has 0 fully saturated rings. The van der Waals surface area contributed by atoms with Gasteiger partial charge in [-0.1, -0.05) is 6.07 Å². The van der Waals surface area contributed by atoms with Crippen molar-refractivity contribution in [2.75, 3.05) is 25.2 Å². The van der Waals surface area contributed by atoms with E-state index in [0.717, 1.165) is 17.0 Å². The molecule has 1 aliphatic heterocycles. The number of hydrogen-bond donors (Lipinski definition) is 0. The number of rotatable bonds is 3. The van der Waals surface area contributed by atoms with Gasteiger partial charge >= 0.3 is 0 Å². The smallest absolute Gasteiger partial charge is 0.229 e. The summed E-state index contributed by atoms with van der Waals surface area (Å²) in [5.41, 5.74) is 1.99. The molecule has 2 rings (SSSR count). The van der Waals surface area contributed by atoms with Crippen LogP contribution < -0.4 is 9.64 Å². The van der Waals surface area contributed by atoms with E-state index in [4.69, 9.17) is 9.47 Å². The number of anilines is 1. The van der Waals surface area contributed by atoms with Gasteiger partial charge < -0.3 is 14.4 Å². The van der Waals surface area contributed by atoms with E-state index in [1.807, 2.05) is 32.0 Å². The predicted molar refractivity (Wildman–Crippen MR) is 70.1 cm³/mol. The normalized spacial score (nSPS) is 18.2. The van der Waals surface area contributed by atoms with Gasteiger partial charge in [0.2, 0.25) is 5.91 Å². The minimum absolute atomic E-state index is 0.0201. The predicted octanol–water partition coefficient (Wildman–Crippen LogP) is 2.15. The Labute approximate surface area is 107 Å². The summed E-state index contributed by atoms with van der Waals surface area (Å²) in [6.07, 6.45) is 0.420. The van der Waals surface area contributed by atoms with Crippen LogP contribution in [0.1, 0.15) is 18.9 Å². The van der Waals surface area contributed by atoms with Crippen LogP contribution in [0.5, 0.6) is 5.75 Å². The van der Waals surface area contributed by atoms with E-state index < -0.39 is 0 Å². The van der Waals surface area contributed by atoms with Crippen LogP contribution in [0.4, 0.5) is 5.69 Å². The Bertz CT molecular complexity index is 445. The summed E-state index contributed by atoms with van der Waals surface area (Å²) in [7, 11) is 1.60. The molecule has 0 aliphatic carbocycles. The standard InChI is InChI=1S/C14H19NO3/c1-10-4-5-13-12(8-10)15(9-11(2)18-13)14(16)6-7-17-3/h4-5,8,11H,6-7,9H2,1-3H3/t11-/m0/s1. The highest BCUT2D eigenvalue weighted by molar-refractivity contribution is 5.95. The molecule has 0 saturated heterocycles. The van der Waals surface area contributed by atoms with Gasteiger partial charge in [-0.05, 0) is 31.5 Å². The number of hydrogen-bond acceptors (Lipinski definition) is 3. The van der Waals surface area contributed by atoms with E-state index in [0.29, 0.717) is 19.6 Å². The fourth-order valence-corrected chi connectivity index (χ4v) is 2.11. The first-order valence-electron chi connectivity index (χ1n) is 6.18. The third-order valence-electron chi connectivity index (χ3n) is 2.99. The minimum atomic E-state index is 0.0201. The zero-order chi connectivity index (χ0) is 13.1. The molecule has 0 unspecified atom stereocenters. The van der Waals surface area contributed by atoms with Crippen LogP contribution in [0.25, 0.3) is 0 Å². The molecule has 98 valence electrons. The molecule has 18 heavy (non-hydrogen) atoms. The quantitative estimate of drug-likeness (QED) is 0.824. The number of carbonyl (C=O) groups excluding carboxylic acids is 1. The number of benzene rings is 1. The van der Waals surface area contributed by atoms with Crippen LogP contribution in [0, 0.1) is 6.92 Å². The molecule has 1 amide bonds. The van der Waals surface area contributed by atoms with Crippen LogP contribution in [0.15, 0.2) is 18.2 Å². The van der Waals surface area contributed by atoms with Crippen molar-refractivity contribution < 1.29 is 14.3 Å². The zero-order valence-electron chi connectivity index (χ0n) is 11.1. The van der Waals surface area contributed by atoms with Gasteiger partial charge in [0, 0.05) is 7.11 Å². The number of carbonyl (C=O) groups is 1. The maximum atomic E-state index is 12.2. The van der Waals surface area contributed by atoms with Gasteiger partial charge in [-0.25, -0.2) is 0 Å². The lowest BCUT2D eigenvalue weighted by Crippen LogP contribution is -2.42. The number of aryl methyl sites for hydroxylation is 1. The first kappa shape index (κ1) is 12.9. The highest BCUT2D eigenvalue weighted by Crippen LogP contribution is 2.34. The summed E-state index contributed by atoms with van der Waals surface area (Å²) < 4.78 is 10.7. The van der Waals surface area contributed by atoms with E-state index in [1.165, 1.54) is 0 Å². The molecule has 0 radical (unpaired) electrons. The van der Waals surface area contributed by atoms with Crippen LogP contribution in [-0.4, -0.2) is 32.3 Å². The summed E-state index contributed by atoms with van der Waals surface area (Å²) in [6.45, 7) is 5.03. The lowest BCUT2D eigenvalue weighted by molar-refractivity contribution is -0.119. The third kappa shape index (κ3) is 2.64. The highest BCUT2D eigenvalue weighted by Gasteiger charge is 2.27. The maximum Gasteiger partial charge on any atom is 0.229 e. The molecule has 0 N–H and O–H groups in total. The van der Waals surface area contributed by atoms with Crippen molar-refractivity contribution in [3.05, 3.63) is 23.8 Å². The summed E-state index contributed by atoms with van der Waals surface area (Å²) in [6, 6.07) is 5.91. The van der Waals surface area contributed by atoms with Gasteiger partial charge in [0.1, 0.15) is 11.9 Å². The lowest BCUT2D eigenvalue weighted by Gasteiger charge is -2.33. The molecule has 0 spiro atoms. The average Bonchev–Trinajstić information content (AvgIpc) is 2.35. The first-order chi connectivity index (χ1) is 8.61. The van der Waals surface area contributed by atoms with E-state index >= 15 is 0 Å². The summed E-state index contributed by atoms with van der Waals surface area (Å²) in [4.78, 5) is 14.0. The van der Waals surface area contributed by atoms with Crippen LogP contribution in [0.3, 0.4) is 0 Å². The molecule has 4 nitrogen and oxygen atoms in total. The van der Waals surface area contributed by atoms with Crippen LogP contribution >= 0.6 is 0 Å². The molecule has 1 heterocycles. The monoisotopic (exact) mass is 249 g/mol. The fraction of sp³-hybridized carbons (Fsp3) is 0.500. The molecule has 4 heteroatoms. The Kier molecular flexibility index (Phi) is 3.87. The Balaban J connectivity index is 2.26. The maximum absolute atomic E-state index is 12.2. The summed E-state index contributed by atoms with van der Waals surface area (Å²) in [5.74, 6) is 0.865. The van der Waals surface area contributed by atoms with Crippen molar-refractivity contribution in [1.82, 2.24) is 0 Å². The Hall–Kier alpha value is -1.55. The topological polar surface area (TPSA) is 38.8 Å². The van der Waals surface area contributed by atoms with Gasteiger partial charge in [0.05, 0.1) is 25.3 Å². The third-order valence-corrected chi connectivity index (χ3v) is 2.99. The lowest BCUT2D eigenvalue weighted by atomic mass is 10.1. The van der Waals surface area contributed by atoms with Crippen molar-refractivity contribution in [2.45, 2.75) is 26.4 Å². The van der Waals surface area contributed by atoms with Crippen molar-refractivity contribution in [3.63, 3.8) is 0 Å². The van der Waals surface area contributed by atoms with E-state index in [9.17, 15) is 4.79 Å². The number of nitrogens with zero attached hydrogens (tertiary/aromatic N) is 1. The first-order valence-corrected chi connectivity index (χ1v) is 6.18. The number of fused-ring (bicyclic) bond motifs is 1. The molecule has 1 aromatic carbocycles. The van der Waals surface area contributed by atoms with Gasteiger partial charge in [0.25, 0.3) is 0 Å². The number of ether oxygens (including phenoxy) is 2. The second kappa shape index (κ2) is 5.40. The van der Waals surface area contributed by atoms with Crippen molar-refractivity contribution in [1.29, 1.82) is 0 Å². The molecular formula is C14H19NO3. The second-order valence-electron chi connectivity index (χ2n) is 4.65. The average molecular weight is 249 g/mol. The SMILES string of the molecule is COCCC(=O)N1C[C@H](C)Oc2ccc(C)cc21. The van der Waals surface area contributed by atoms with Crippen LogP contribution in [0.2, 0.25) is 0 Å². The fourth-order valence-electron chi connectivity index (χ4n) is 2.11. The number of amides is 1. The van der Waals surface area contributed by atoms with Crippen molar-refractivity contribution in [3.8, 4) is 5.75 Å². The highest BCUT2D eigenvalue weighted by atomic mass is 16.5. The Morgan fingerprint density at radius 2 is 2.33 bits per heavy atom. The molecule has 1 atom stereocenters. The van der Waals surface area contributed by atoms with E-state index in [2.05, 4.69) is 0 Å².